The van der Waals surface area contributed by atoms with E-state index in [9.17, 15) is 14.0 Å². The van der Waals surface area contributed by atoms with E-state index in [4.69, 9.17) is 13.9 Å². The van der Waals surface area contributed by atoms with Crippen molar-refractivity contribution >= 4 is 5.91 Å². The van der Waals surface area contributed by atoms with Crippen LogP contribution < -0.4 is 10.9 Å². The van der Waals surface area contributed by atoms with Crippen LogP contribution in [-0.4, -0.2) is 32.3 Å². The zero-order chi connectivity index (χ0) is 21.1. The Morgan fingerprint density at radius 1 is 1.23 bits per heavy atom. The maximum atomic E-state index is 13.8. The van der Waals surface area contributed by atoms with Crippen molar-refractivity contribution in [3.05, 3.63) is 69.0 Å². The monoisotopic (exact) mass is 415 g/mol. The van der Waals surface area contributed by atoms with Gasteiger partial charge in [-0.2, -0.15) is 0 Å². The van der Waals surface area contributed by atoms with Crippen LogP contribution in [0.3, 0.4) is 0 Å². The first-order valence-electron chi connectivity index (χ1n) is 10.4. The third-order valence-electron chi connectivity index (χ3n) is 6.12. The molecule has 6 nitrogen and oxygen atoms in total. The Morgan fingerprint density at radius 2 is 2.03 bits per heavy atom. The molecule has 1 N–H and O–H groups in total. The fourth-order valence-electron chi connectivity index (χ4n) is 4.35. The van der Waals surface area contributed by atoms with Crippen LogP contribution in [0.1, 0.15) is 59.0 Å². The Labute approximate surface area is 174 Å². The molecule has 160 valence electrons. The molecule has 7 heteroatoms. The molecule has 0 radical (unpaired) electrons. The number of halogens is 1. The van der Waals surface area contributed by atoms with Crippen LogP contribution in [0.5, 0.6) is 0 Å². The standard InChI is InChI=1S/C23H26FNO5/c1-15-12-19(18-6-3-9-29-18)30-22(27)20(15)21(26)25-14-23(7-10-28-11-8-23)16-4-2-5-17(24)13-16/h2,4-5,12-13,18H,3,6-11,14H2,1H3,(H,25,26). The van der Waals surface area contributed by atoms with Gasteiger partial charge in [0.15, 0.2) is 0 Å². The van der Waals surface area contributed by atoms with Gasteiger partial charge in [-0.05, 0) is 61.9 Å². The maximum absolute atomic E-state index is 13.8. The molecule has 2 aliphatic heterocycles. The minimum Gasteiger partial charge on any atom is -0.424 e. The molecular formula is C23H26FNO5. The van der Waals surface area contributed by atoms with Crippen molar-refractivity contribution in [2.75, 3.05) is 26.4 Å². The van der Waals surface area contributed by atoms with Gasteiger partial charge in [0.25, 0.3) is 5.91 Å². The van der Waals surface area contributed by atoms with Gasteiger partial charge in [0.05, 0.1) is 0 Å². The molecule has 0 spiro atoms. The summed E-state index contributed by atoms with van der Waals surface area (Å²) in [6, 6.07) is 8.17. The average molecular weight is 415 g/mol. The summed E-state index contributed by atoms with van der Waals surface area (Å²) in [5.41, 5.74) is 0.273. The average Bonchev–Trinajstić information content (AvgIpc) is 3.27. The number of hydrogen-bond donors (Lipinski definition) is 1. The van der Waals surface area contributed by atoms with Crippen molar-refractivity contribution in [3.63, 3.8) is 0 Å². The van der Waals surface area contributed by atoms with Crippen LogP contribution in [0.15, 0.2) is 39.5 Å². The lowest BCUT2D eigenvalue weighted by Gasteiger charge is -2.38. The molecule has 30 heavy (non-hydrogen) atoms. The number of hydrogen-bond acceptors (Lipinski definition) is 5. The fraction of sp³-hybridized carbons (Fsp3) is 0.478. The topological polar surface area (TPSA) is 77.8 Å². The van der Waals surface area contributed by atoms with E-state index in [1.54, 1.807) is 19.1 Å². The van der Waals surface area contributed by atoms with E-state index < -0.39 is 16.9 Å². The lowest BCUT2D eigenvalue weighted by molar-refractivity contribution is 0.0485. The Bertz CT molecular complexity index is 974. The molecule has 2 aromatic rings. The normalized spacial score (nSPS) is 20.8. The van der Waals surface area contributed by atoms with Crippen molar-refractivity contribution < 1.29 is 23.1 Å². The quantitative estimate of drug-likeness (QED) is 0.810. The first kappa shape index (κ1) is 20.8. The first-order chi connectivity index (χ1) is 14.5. The van der Waals surface area contributed by atoms with Crippen molar-refractivity contribution in [1.29, 1.82) is 0 Å². The molecule has 2 saturated heterocycles. The van der Waals surface area contributed by atoms with Gasteiger partial charge >= 0.3 is 5.63 Å². The second-order valence-corrected chi connectivity index (χ2v) is 8.08. The highest BCUT2D eigenvalue weighted by molar-refractivity contribution is 5.95. The van der Waals surface area contributed by atoms with Gasteiger partial charge < -0.3 is 19.2 Å². The van der Waals surface area contributed by atoms with E-state index in [2.05, 4.69) is 5.32 Å². The summed E-state index contributed by atoms with van der Waals surface area (Å²) >= 11 is 0. The molecule has 3 heterocycles. The van der Waals surface area contributed by atoms with Gasteiger partial charge in [-0.3, -0.25) is 4.79 Å². The van der Waals surface area contributed by atoms with Crippen molar-refractivity contribution in [2.24, 2.45) is 0 Å². The maximum Gasteiger partial charge on any atom is 0.349 e. The molecule has 0 bridgehead atoms. The van der Waals surface area contributed by atoms with E-state index in [0.717, 1.165) is 18.4 Å². The molecule has 2 aliphatic rings. The summed E-state index contributed by atoms with van der Waals surface area (Å²) in [4.78, 5) is 25.4. The Hall–Kier alpha value is -2.51. The number of ether oxygens (including phenoxy) is 2. The van der Waals surface area contributed by atoms with Gasteiger partial charge in [0.1, 0.15) is 23.2 Å². The first-order valence-corrected chi connectivity index (χ1v) is 10.4. The Balaban J connectivity index is 1.55. The van der Waals surface area contributed by atoms with Crippen LogP contribution in [0.25, 0.3) is 0 Å². The van der Waals surface area contributed by atoms with Crippen molar-refractivity contribution in [3.8, 4) is 0 Å². The molecule has 2 fully saturated rings. The molecule has 0 saturated carbocycles. The van der Waals surface area contributed by atoms with Crippen LogP contribution in [-0.2, 0) is 14.9 Å². The summed E-state index contributed by atoms with van der Waals surface area (Å²) in [7, 11) is 0. The molecule has 1 amide bonds. The van der Waals surface area contributed by atoms with Gasteiger partial charge in [-0.1, -0.05) is 12.1 Å². The van der Waals surface area contributed by atoms with Crippen LogP contribution in [0.4, 0.5) is 4.39 Å². The number of amides is 1. The Morgan fingerprint density at radius 3 is 2.70 bits per heavy atom. The number of aryl methyl sites for hydroxylation is 1. The minimum atomic E-state index is -0.662. The summed E-state index contributed by atoms with van der Waals surface area (Å²) in [5, 5.41) is 2.89. The summed E-state index contributed by atoms with van der Waals surface area (Å²) in [6.07, 6.45) is 2.80. The predicted molar refractivity (Wildman–Crippen MR) is 108 cm³/mol. The molecule has 1 atom stereocenters. The van der Waals surface area contributed by atoms with Crippen LogP contribution >= 0.6 is 0 Å². The van der Waals surface area contributed by atoms with Gasteiger partial charge in [0, 0.05) is 31.8 Å². The van der Waals surface area contributed by atoms with Gasteiger partial charge in [-0.15, -0.1) is 0 Å². The van der Waals surface area contributed by atoms with E-state index in [1.807, 2.05) is 6.07 Å². The summed E-state index contributed by atoms with van der Waals surface area (Å²) in [5.74, 6) is -0.333. The van der Waals surface area contributed by atoms with E-state index in [0.29, 0.717) is 44.0 Å². The van der Waals surface area contributed by atoms with E-state index in [1.165, 1.54) is 12.1 Å². The van der Waals surface area contributed by atoms with Crippen molar-refractivity contribution in [1.82, 2.24) is 5.32 Å². The molecule has 0 aliphatic carbocycles. The molecular weight excluding hydrogens is 389 g/mol. The summed E-state index contributed by atoms with van der Waals surface area (Å²) < 4.78 is 30.3. The minimum absolute atomic E-state index is 0.00167. The van der Waals surface area contributed by atoms with Crippen molar-refractivity contribution in [2.45, 2.75) is 44.1 Å². The van der Waals surface area contributed by atoms with Crippen LogP contribution in [0.2, 0.25) is 0 Å². The van der Waals surface area contributed by atoms with Gasteiger partial charge in [0.2, 0.25) is 0 Å². The van der Waals surface area contributed by atoms with Crippen LogP contribution in [0, 0.1) is 12.7 Å². The highest BCUT2D eigenvalue weighted by Crippen LogP contribution is 2.35. The highest BCUT2D eigenvalue weighted by Gasteiger charge is 2.35. The fourth-order valence-corrected chi connectivity index (χ4v) is 4.35. The zero-order valence-corrected chi connectivity index (χ0v) is 17.0. The SMILES string of the molecule is Cc1cc(C2CCCO2)oc(=O)c1C(=O)NCC1(c2cccc(F)c2)CCOCC1. The Kier molecular flexibility index (Phi) is 6.01. The highest BCUT2D eigenvalue weighted by atomic mass is 19.1. The second-order valence-electron chi connectivity index (χ2n) is 8.08. The predicted octanol–water partition coefficient (Wildman–Crippen LogP) is 3.42. The number of carbonyl (C=O) groups is 1. The second kappa shape index (κ2) is 8.70. The number of benzene rings is 1. The van der Waals surface area contributed by atoms with E-state index >= 15 is 0 Å². The smallest absolute Gasteiger partial charge is 0.349 e. The third kappa shape index (κ3) is 4.18. The number of nitrogens with one attached hydrogen (secondary N) is 1. The molecule has 1 unspecified atom stereocenters. The third-order valence-corrected chi connectivity index (χ3v) is 6.12. The van der Waals surface area contributed by atoms with E-state index in [-0.39, 0.29) is 24.0 Å². The lowest BCUT2D eigenvalue weighted by Crippen LogP contribution is -2.45. The molecule has 4 rings (SSSR count). The summed E-state index contributed by atoms with van der Waals surface area (Å²) in [6.45, 7) is 3.71. The molecule has 1 aromatic heterocycles. The lowest BCUT2D eigenvalue weighted by atomic mass is 9.74. The number of rotatable bonds is 5. The molecule has 1 aromatic carbocycles. The largest absolute Gasteiger partial charge is 0.424 e. The van der Waals surface area contributed by atoms with Gasteiger partial charge in [-0.25, -0.2) is 9.18 Å². The zero-order valence-electron chi connectivity index (χ0n) is 17.0. The number of carbonyl (C=O) groups excluding carboxylic acids is 1.